The van der Waals surface area contributed by atoms with Crippen molar-refractivity contribution in [3.63, 3.8) is 0 Å². The summed E-state index contributed by atoms with van der Waals surface area (Å²) in [5, 5.41) is 3.16. The van der Waals surface area contributed by atoms with Crippen LogP contribution >= 0.6 is 11.6 Å². The van der Waals surface area contributed by atoms with Gasteiger partial charge in [0.2, 0.25) is 0 Å². The van der Waals surface area contributed by atoms with Crippen LogP contribution in [0.4, 0.5) is 4.79 Å². The SMILES string of the molecule is CC(NC(=O)Oc1ccccc1Cl)c1ccccc1. The van der Waals surface area contributed by atoms with Crippen molar-refractivity contribution in [3.8, 4) is 5.75 Å². The quantitative estimate of drug-likeness (QED) is 0.912. The smallest absolute Gasteiger partial charge is 0.409 e. The zero-order valence-electron chi connectivity index (χ0n) is 10.5. The van der Waals surface area contributed by atoms with Gasteiger partial charge in [-0.25, -0.2) is 4.79 Å². The highest BCUT2D eigenvalue weighted by atomic mass is 35.5. The number of nitrogens with one attached hydrogen (secondary N) is 1. The summed E-state index contributed by atoms with van der Waals surface area (Å²) in [6.45, 7) is 1.89. The van der Waals surface area contributed by atoms with Crippen LogP contribution in [0.5, 0.6) is 5.75 Å². The molecule has 0 aliphatic rings. The van der Waals surface area contributed by atoms with E-state index in [0.29, 0.717) is 10.8 Å². The molecular weight excluding hydrogens is 262 g/mol. The summed E-state index contributed by atoms with van der Waals surface area (Å²) in [6.07, 6.45) is -0.524. The van der Waals surface area contributed by atoms with Crippen LogP contribution in [-0.2, 0) is 0 Å². The largest absolute Gasteiger partial charge is 0.413 e. The molecule has 0 radical (unpaired) electrons. The monoisotopic (exact) mass is 275 g/mol. The zero-order valence-corrected chi connectivity index (χ0v) is 11.2. The number of amides is 1. The molecule has 3 nitrogen and oxygen atoms in total. The maximum Gasteiger partial charge on any atom is 0.413 e. The minimum Gasteiger partial charge on any atom is -0.409 e. The van der Waals surface area contributed by atoms with Crippen molar-refractivity contribution >= 4 is 17.7 Å². The normalized spacial score (nSPS) is 11.7. The number of ether oxygens (including phenoxy) is 1. The maximum atomic E-state index is 11.8. The minimum absolute atomic E-state index is 0.129. The number of halogens is 1. The van der Waals surface area contributed by atoms with E-state index in [1.54, 1.807) is 24.3 Å². The molecule has 2 aromatic rings. The van der Waals surface area contributed by atoms with Crippen molar-refractivity contribution in [1.29, 1.82) is 0 Å². The molecule has 0 fully saturated rings. The maximum absolute atomic E-state index is 11.8. The summed E-state index contributed by atoms with van der Waals surface area (Å²) in [5.41, 5.74) is 1.01. The summed E-state index contributed by atoms with van der Waals surface area (Å²) in [6, 6.07) is 16.4. The van der Waals surface area contributed by atoms with E-state index in [9.17, 15) is 4.79 Å². The topological polar surface area (TPSA) is 38.3 Å². The highest BCUT2D eigenvalue weighted by Gasteiger charge is 2.12. The number of carbonyl (C=O) groups excluding carboxylic acids is 1. The Hall–Kier alpha value is -2.00. The van der Waals surface area contributed by atoms with Crippen LogP contribution in [0.25, 0.3) is 0 Å². The molecule has 0 aromatic heterocycles. The first-order chi connectivity index (χ1) is 9.16. The van der Waals surface area contributed by atoms with Crippen LogP contribution in [-0.4, -0.2) is 6.09 Å². The van der Waals surface area contributed by atoms with Crippen molar-refractivity contribution in [1.82, 2.24) is 5.32 Å². The van der Waals surface area contributed by atoms with Gasteiger partial charge < -0.3 is 10.1 Å². The van der Waals surface area contributed by atoms with Crippen molar-refractivity contribution in [2.24, 2.45) is 0 Å². The van der Waals surface area contributed by atoms with Crippen molar-refractivity contribution in [2.75, 3.05) is 0 Å². The fraction of sp³-hybridized carbons (Fsp3) is 0.133. The van der Waals surface area contributed by atoms with Gasteiger partial charge in [0, 0.05) is 0 Å². The van der Waals surface area contributed by atoms with Crippen LogP contribution in [0, 0.1) is 0 Å². The molecular formula is C15H14ClNO2. The lowest BCUT2D eigenvalue weighted by molar-refractivity contribution is 0.197. The highest BCUT2D eigenvalue weighted by molar-refractivity contribution is 6.32. The van der Waals surface area contributed by atoms with Crippen molar-refractivity contribution < 1.29 is 9.53 Å². The van der Waals surface area contributed by atoms with Gasteiger partial charge in [-0.2, -0.15) is 0 Å². The fourth-order valence-corrected chi connectivity index (χ4v) is 1.83. The minimum atomic E-state index is -0.524. The van der Waals surface area contributed by atoms with Gasteiger partial charge in [0.15, 0.2) is 5.75 Å². The molecule has 0 bridgehead atoms. The molecule has 19 heavy (non-hydrogen) atoms. The summed E-state index contributed by atoms with van der Waals surface area (Å²) < 4.78 is 5.16. The number of hydrogen-bond acceptors (Lipinski definition) is 2. The van der Waals surface area contributed by atoms with E-state index in [1.807, 2.05) is 37.3 Å². The third-order valence-corrected chi connectivity index (χ3v) is 2.99. The molecule has 0 spiro atoms. The Labute approximate surface area is 117 Å². The molecule has 0 saturated carbocycles. The lowest BCUT2D eigenvalue weighted by Gasteiger charge is -2.14. The number of para-hydroxylation sites is 1. The summed E-state index contributed by atoms with van der Waals surface area (Å²) in [5.74, 6) is 0.349. The Bertz CT molecular complexity index is 557. The van der Waals surface area contributed by atoms with E-state index >= 15 is 0 Å². The molecule has 0 aliphatic heterocycles. The first-order valence-electron chi connectivity index (χ1n) is 5.94. The molecule has 1 N–H and O–H groups in total. The Morgan fingerprint density at radius 3 is 2.42 bits per heavy atom. The molecule has 0 saturated heterocycles. The molecule has 0 aliphatic carbocycles. The Morgan fingerprint density at radius 1 is 1.11 bits per heavy atom. The van der Waals surface area contributed by atoms with Gasteiger partial charge in [0.1, 0.15) is 0 Å². The Morgan fingerprint density at radius 2 is 1.74 bits per heavy atom. The van der Waals surface area contributed by atoms with Crippen LogP contribution in [0.1, 0.15) is 18.5 Å². The first kappa shape index (κ1) is 13.4. The van der Waals surface area contributed by atoms with E-state index in [0.717, 1.165) is 5.56 Å². The van der Waals surface area contributed by atoms with Gasteiger partial charge in [0.25, 0.3) is 0 Å². The molecule has 2 rings (SSSR count). The third kappa shape index (κ3) is 3.73. The second kappa shape index (κ2) is 6.25. The van der Waals surface area contributed by atoms with Crippen LogP contribution < -0.4 is 10.1 Å². The second-order valence-electron chi connectivity index (χ2n) is 4.10. The number of rotatable bonds is 3. The van der Waals surface area contributed by atoms with Crippen LogP contribution in [0.2, 0.25) is 5.02 Å². The average Bonchev–Trinajstić information content (AvgIpc) is 2.42. The van der Waals surface area contributed by atoms with E-state index < -0.39 is 6.09 Å². The standard InChI is InChI=1S/C15H14ClNO2/c1-11(12-7-3-2-4-8-12)17-15(18)19-14-10-6-5-9-13(14)16/h2-11H,1H3,(H,17,18). The summed E-state index contributed by atoms with van der Waals surface area (Å²) >= 11 is 5.92. The van der Waals surface area contributed by atoms with Gasteiger partial charge in [-0.3, -0.25) is 0 Å². The third-order valence-electron chi connectivity index (χ3n) is 2.67. The molecule has 0 heterocycles. The van der Waals surface area contributed by atoms with Gasteiger partial charge >= 0.3 is 6.09 Å². The number of carbonyl (C=O) groups is 1. The highest BCUT2D eigenvalue weighted by Crippen LogP contribution is 2.23. The van der Waals surface area contributed by atoms with Gasteiger partial charge in [-0.05, 0) is 24.6 Å². The lowest BCUT2D eigenvalue weighted by Crippen LogP contribution is -2.29. The second-order valence-corrected chi connectivity index (χ2v) is 4.50. The summed E-state index contributed by atoms with van der Waals surface area (Å²) in [4.78, 5) is 11.8. The van der Waals surface area contributed by atoms with Gasteiger partial charge in [-0.15, -0.1) is 0 Å². The summed E-state index contributed by atoms with van der Waals surface area (Å²) in [7, 11) is 0. The van der Waals surface area contributed by atoms with Crippen LogP contribution in [0.3, 0.4) is 0 Å². The molecule has 1 atom stereocenters. The molecule has 98 valence electrons. The average molecular weight is 276 g/mol. The lowest BCUT2D eigenvalue weighted by atomic mass is 10.1. The Kier molecular flexibility index (Phi) is 4.42. The molecule has 1 unspecified atom stereocenters. The van der Waals surface area contributed by atoms with Crippen molar-refractivity contribution in [3.05, 3.63) is 65.2 Å². The van der Waals surface area contributed by atoms with E-state index in [-0.39, 0.29) is 6.04 Å². The van der Waals surface area contributed by atoms with Crippen LogP contribution in [0.15, 0.2) is 54.6 Å². The van der Waals surface area contributed by atoms with Gasteiger partial charge in [0.05, 0.1) is 11.1 Å². The molecule has 4 heteroatoms. The molecule has 2 aromatic carbocycles. The Balaban J connectivity index is 1.97. The van der Waals surface area contributed by atoms with E-state index in [1.165, 1.54) is 0 Å². The number of benzene rings is 2. The van der Waals surface area contributed by atoms with E-state index in [4.69, 9.17) is 16.3 Å². The van der Waals surface area contributed by atoms with Gasteiger partial charge in [-0.1, -0.05) is 54.1 Å². The number of hydrogen-bond donors (Lipinski definition) is 1. The predicted molar refractivity (Wildman–Crippen MR) is 75.5 cm³/mol. The zero-order chi connectivity index (χ0) is 13.7. The van der Waals surface area contributed by atoms with Crippen molar-refractivity contribution in [2.45, 2.75) is 13.0 Å². The van der Waals surface area contributed by atoms with E-state index in [2.05, 4.69) is 5.32 Å². The first-order valence-corrected chi connectivity index (χ1v) is 6.32. The predicted octanol–water partition coefficient (Wildman–Crippen LogP) is 4.19. The fourth-order valence-electron chi connectivity index (χ4n) is 1.66. The molecule has 1 amide bonds.